The number of rotatable bonds is 3. The van der Waals surface area contributed by atoms with Crippen LogP contribution < -0.4 is 9.80 Å². The Morgan fingerprint density at radius 2 is 1.78 bits per heavy atom. The maximum Gasteiger partial charge on any atom is 0.331 e. The molecule has 2 aliphatic rings. The van der Waals surface area contributed by atoms with Crippen LogP contribution in [0, 0.1) is 19.7 Å². The second kappa shape index (κ2) is 8.22. The number of nitrogens with zero attached hydrogens (tertiary/aromatic N) is 5. The van der Waals surface area contributed by atoms with Gasteiger partial charge >= 0.3 is 6.03 Å². The molecule has 168 valence electrons. The molecule has 1 aromatic heterocycles. The Morgan fingerprint density at radius 3 is 2.34 bits per heavy atom. The van der Waals surface area contributed by atoms with Gasteiger partial charge in [-0.3, -0.25) is 19.4 Å². The van der Waals surface area contributed by atoms with Crippen molar-refractivity contribution in [3.8, 4) is 0 Å². The van der Waals surface area contributed by atoms with Gasteiger partial charge in [-0.25, -0.2) is 14.2 Å². The summed E-state index contributed by atoms with van der Waals surface area (Å²) in [6.07, 6.45) is 1.83. The fourth-order valence-electron chi connectivity index (χ4n) is 4.30. The van der Waals surface area contributed by atoms with Gasteiger partial charge in [-0.05, 0) is 50.1 Å². The summed E-state index contributed by atoms with van der Waals surface area (Å²) in [5.41, 5.74) is 2.38. The molecule has 1 unspecified atom stereocenters. The monoisotopic (exact) mass is 439 g/mol. The fraction of sp³-hybridized carbons (Fsp3) is 0.391. The maximum atomic E-state index is 14.9. The number of aromatic nitrogens is 1. The SMILES string of the molecule is Cc1cnc(N2CCN(C(=O)c3ccc(N4C(=O)N(C)C(=O)C4C)cc3F)CC2)c(C)c1. The Morgan fingerprint density at radius 1 is 1.09 bits per heavy atom. The molecule has 4 amide bonds. The van der Waals surface area contributed by atoms with Gasteiger partial charge in [-0.2, -0.15) is 0 Å². The van der Waals surface area contributed by atoms with Crippen molar-refractivity contribution >= 4 is 29.4 Å². The minimum atomic E-state index is -0.722. The Hall–Kier alpha value is -3.49. The second-order valence-corrected chi connectivity index (χ2v) is 8.32. The third-order valence-electron chi connectivity index (χ3n) is 6.08. The highest BCUT2D eigenvalue weighted by atomic mass is 19.1. The smallest absolute Gasteiger partial charge is 0.331 e. The van der Waals surface area contributed by atoms with Gasteiger partial charge in [0.15, 0.2) is 0 Å². The van der Waals surface area contributed by atoms with Gasteiger partial charge in [0, 0.05) is 45.1 Å². The standard InChI is InChI=1S/C23H26FN5O3/c1-14-11-15(2)20(25-13-14)27-7-9-28(10-8-27)22(31)18-6-5-17(12-19(18)24)29-16(3)21(30)26(4)23(29)32/h5-6,11-13,16H,7-10H2,1-4H3. The average molecular weight is 439 g/mol. The van der Waals surface area contributed by atoms with Crippen molar-refractivity contribution in [2.75, 3.05) is 43.0 Å². The first-order valence-electron chi connectivity index (χ1n) is 10.6. The molecule has 0 radical (unpaired) electrons. The molecule has 1 aromatic carbocycles. The van der Waals surface area contributed by atoms with E-state index in [0.717, 1.165) is 27.9 Å². The zero-order chi connectivity index (χ0) is 23.2. The predicted octanol–water partition coefficient (Wildman–Crippen LogP) is 2.59. The minimum absolute atomic E-state index is 0.0502. The summed E-state index contributed by atoms with van der Waals surface area (Å²) >= 11 is 0. The molecule has 9 heteroatoms. The molecule has 0 bridgehead atoms. The zero-order valence-electron chi connectivity index (χ0n) is 18.6. The van der Waals surface area contributed by atoms with Gasteiger partial charge in [0.05, 0.1) is 5.56 Å². The van der Waals surface area contributed by atoms with Gasteiger partial charge in [-0.1, -0.05) is 6.07 Å². The van der Waals surface area contributed by atoms with E-state index in [2.05, 4.69) is 16.0 Å². The largest absolute Gasteiger partial charge is 0.353 e. The van der Waals surface area contributed by atoms with E-state index < -0.39 is 23.8 Å². The number of hydrogen-bond donors (Lipinski definition) is 0. The van der Waals surface area contributed by atoms with E-state index in [1.54, 1.807) is 11.8 Å². The molecule has 8 nitrogen and oxygen atoms in total. The highest BCUT2D eigenvalue weighted by Crippen LogP contribution is 2.27. The Labute approximate surface area is 186 Å². The zero-order valence-corrected chi connectivity index (χ0v) is 18.6. The number of imide groups is 1. The van der Waals surface area contributed by atoms with Crippen molar-refractivity contribution in [2.45, 2.75) is 26.8 Å². The first-order valence-corrected chi connectivity index (χ1v) is 10.6. The number of halogens is 1. The Bertz CT molecular complexity index is 1100. The molecule has 32 heavy (non-hydrogen) atoms. The van der Waals surface area contributed by atoms with Gasteiger partial charge in [-0.15, -0.1) is 0 Å². The van der Waals surface area contributed by atoms with Crippen LogP contribution in [-0.2, 0) is 4.79 Å². The number of amides is 4. The van der Waals surface area contributed by atoms with E-state index in [9.17, 15) is 18.8 Å². The third-order valence-corrected chi connectivity index (χ3v) is 6.08. The number of aryl methyl sites for hydroxylation is 2. The molecule has 1 atom stereocenters. The quantitative estimate of drug-likeness (QED) is 0.687. The van der Waals surface area contributed by atoms with Crippen LogP contribution in [0.5, 0.6) is 0 Å². The van der Waals surface area contributed by atoms with E-state index in [-0.39, 0.29) is 17.2 Å². The maximum absolute atomic E-state index is 14.9. The molecule has 3 heterocycles. The average Bonchev–Trinajstić information content (AvgIpc) is 2.96. The molecule has 0 saturated carbocycles. The van der Waals surface area contributed by atoms with Crippen LogP contribution in [0.3, 0.4) is 0 Å². The van der Waals surface area contributed by atoms with E-state index in [0.29, 0.717) is 26.2 Å². The van der Waals surface area contributed by atoms with Gasteiger partial charge < -0.3 is 9.80 Å². The van der Waals surface area contributed by atoms with Crippen molar-refractivity contribution < 1.29 is 18.8 Å². The van der Waals surface area contributed by atoms with Crippen molar-refractivity contribution in [2.24, 2.45) is 0 Å². The highest BCUT2D eigenvalue weighted by Gasteiger charge is 2.41. The molecule has 2 saturated heterocycles. The summed E-state index contributed by atoms with van der Waals surface area (Å²) in [5.74, 6) is -0.557. The van der Waals surface area contributed by atoms with Gasteiger partial charge in [0.25, 0.3) is 11.8 Å². The summed E-state index contributed by atoms with van der Waals surface area (Å²) in [5, 5.41) is 0. The van der Waals surface area contributed by atoms with Gasteiger partial charge in [0.2, 0.25) is 0 Å². The lowest BCUT2D eigenvalue weighted by atomic mass is 10.1. The first kappa shape index (κ1) is 21.7. The van der Waals surface area contributed by atoms with Crippen LogP contribution in [0.25, 0.3) is 0 Å². The summed E-state index contributed by atoms with van der Waals surface area (Å²) in [7, 11) is 1.39. The number of pyridine rings is 1. The molecule has 2 fully saturated rings. The van der Waals surface area contributed by atoms with E-state index >= 15 is 0 Å². The van der Waals surface area contributed by atoms with E-state index in [1.165, 1.54) is 24.1 Å². The lowest BCUT2D eigenvalue weighted by Gasteiger charge is -2.36. The van der Waals surface area contributed by atoms with Crippen LogP contribution >= 0.6 is 0 Å². The second-order valence-electron chi connectivity index (χ2n) is 8.32. The number of piperazine rings is 1. The molecule has 2 aromatic rings. The summed E-state index contributed by atoms with van der Waals surface area (Å²) in [4.78, 5) is 47.8. The van der Waals surface area contributed by atoms with Crippen LogP contribution in [0.4, 0.5) is 20.7 Å². The molecule has 0 aliphatic carbocycles. The predicted molar refractivity (Wildman–Crippen MR) is 118 cm³/mol. The first-order chi connectivity index (χ1) is 15.2. The molecule has 0 N–H and O–H groups in total. The topological polar surface area (TPSA) is 77.1 Å². The van der Waals surface area contributed by atoms with Crippen molar-refractivity contribution in [1.29, 1.82) is 0 Å². The van der Waals surface area contributed by atoms with Crippen LogP contribution in [-0.4, -0.2) is 71.9 Å². The van der Waals surface area contributed by atoms with E-state index in [1.807, 2.05) is 20.0 Å². The summed E-state index contributed by atoms with van der Waals surface area (Å²) in [6, 6.07) is 4.87. The van der Waals surface area contributed by atoms with Crippen molar-refractivity contribution in [3.63, 3.8) is 0 Å². The molecular weight excluding hydrogens is 413 g/mol. The van der Waals surface area contributed by atoms with E-state index in [4.69, 9.17) is 0 Å². The Kier molecular flexibility index (Phi) is 5.58. The van der Waals surface area contributed by atoms with Crippen molar-refractivity contribution in [1.82, 2.24) is 14.8 Å². The molecule has 2 aliphatic heterocycles. The fourth-order valence-corrected chi connectivity index (χ4v) is 4.30. The number of hydrogen-bond acceptors (Lipinski definition) is 5. The number of carbonyl (C=O) groups excluding carboxylic acids is 3. The lowest BCUT2D eigenvalue weighted by molar-refractivity contribution is -0.125. The van der Waals surface area contributed by atoms with Crippen LogP contribution in [0.1, 0.15) is 28.4 Å². The number of likely N-dealkylation sites (N-methyl/N-ethyl adjacent to an activating group) is 1. The minimum Gasteiger partial charge on any atom is -0.353 e. The normalized spacial score (nSPS) is 19.2. The number of benzene rings is 1. The highest BCUT2D eigenvalue weighted by molar-refractivity contribution is 6.13. The van der Waals surface area contributed by atoms with Gasteiger partial charge in [0.1, 0.15) is 17.7 Å². The van der Waals surface area contributed by atoms with Crippen LogP contribution in [0.15, 0.2) is 30.5 Å². The summed E-state index contributed by atoms with van der Waals surface area (Å²) < 4.78 is 14.9. The number of urea groups is 1. The summed E-state index contributed by atoms with van der Waals surface area (Å²) in [6.45, 7) is 7.72. The Balaban J connectivity index is 1.46. The lowest BCUT2D eigenvalue weighted by Crippen LogP contribution is -2.49. The number of carbonyl (C=O) groups is 3. The van der Waals surface area contributed by atoms with Crippen LogP contribution in [0.2, 0.25) is 0 Å². The molecule has 0 spiro atoms. The molecule has 4 rings (SSSR count). The van der Waals surface area contributed by atoms with Crippen molar-refractivity contribution in [3.05, 3.63) is 53.0 Å². The number of anilines is 2. The molecular formula is C23H26FN5O3. The third kappa shape index (κ3) is 3.68.